The van der Waals surface area contributed by atoms with E-state index in [0.29, 0.717) is 29.9 Å². The molecule has 1 fully saturated rings. The number of carbonyl (C=O) groups is 1. The van der Waals surface area contributed by atoms with Gasteiger partial charge in [-0.1, -0.05) is 29.8 Å². The highest BCUT2D eigenvalue weighted by molar-refractivity contribution is 6.31. The smallest absolute Gasteiger partial charge is 0.227 e. The summed E-state index contributed by atoms with van der Waals surface area (Å²) in [7, 11) is 0. The molecular formula is C15H21ClN2O. The number of carbonyl (C=O) groups excluding carboxylic acids is 1. The normalized spacial score (nSPS) is 23.4. The molecule has 0 bridgehead atoms. The molecule has 1 amide bonds. The summed E-state index contributed by atoms with van der Waals surface area (Å²) in [6, 6.07) is 7.83. The molecule has 2 atom stereocenters. The van der Waals surface area contributed by atoms with E-state index in [1.807, 2.05) is 29.2 Å². The Morgan fingerprint density at radius 1 is 1.42 bits per heavy atom. The third kappa shape index (κ3) is 3.48. The van der Waals surface area contributed by atoms with Crippen molar-refractivity contribution in [3.05, 3.63) is 34.9 Å². The molecular weight excluding hydrogens is 260 g/mol. The minimum Gasteiger partial charge on any atom is -0.339 e. The van der Waals surface area contributed by atoms with Crippen LogP contribution in [0.25, 0.3) is 0 Å². The Hall–Kier alpha value is -1.06. The molecule has 19 heavy (non-hydrogen) atoms. The van der Waals surface area contributed by atoms with Gasteiger partial charge in [0.15, 0.2) is 0 Å². The second-order valence-electron chi connectivity index (χ2n) is 5.34. The summed E-state index contributed by atoms with van der Waals surface area (Å²) in [5.74, 6) is 0.588. The predicted octanol–water partition coefficient (Wildman–Crippen LogP) is 2.47. The summed E-state index contributed by atoms with van der Waals surface area (Å²) < 4.78 is 0. The number of halogens is 1. The van der Waals surface area contributed by atoms with Crippen LogP contribution in [0.4, 0.5) is 0 Å². The highest BCUT2D eigenvalue weighted by atomic mass is 35.5. The zero-order valence-corrected chi connectivity index (χ0v) is 12.1. The van der Waals surface area contributed by atoms with Gasteiger partial charge in [0.05, 0.1) is 6.42 Å². The molecule has 1 heterocycles. The second-order valence-corrected chi connectivity index (χ2v) is 5.75. The van der Waals surface area contributed by atoms with Crippen molar-refractivity contribution in [1.29, 1.82) is 0 Å². The maximum Gasteiger partial charge on any atom is 0.227 e. The first-order chi connectivity index (χ1) is 9.11. The van der Waals surface area contributed by atoms with Crippen LogP contribution in [0.3, 0.4) is 0 Å². The number of benzene rings is 1. The van der Waals surface area contributed by atoms with Gasteiger partial charge in [-0.2, -0.15) is 0 Å². The fraction of sp³-hybridized carbons (Fsp3) is 0.533. The molecule has 0 radical (unpaired) electrons. The summed E-state index contributed by atoms with van der Waals surface area (Å²) in [5, 5.41) is 0.663. The predicted molar refractivity (Wildman–Crippen MR) is 78.1 cm³/mol. The highest BCUT2D eigenvalue weighted by Gasteiger charge is 2.28. The van der Waals surface area contributed by atoms with Gasteiger partial charge in [-0.3, -0.25) is 4.79 Å². The van der Waals surface area contributed by atoms with Crippen LogP contribution in [0, 0.1) is 5.92 Å². The molecule has 1 saturated heterocycles. The summed E-state index contributed by atoms with van der Waals surface area (Å²) in [6.45, 7) is 3.54. The summed E-state index contributed by atoms with van der Waals surface area (Å²) in [5.41, 5.74) is 6.63. The number of nitrogens with zero attached hydrogens (tertiary/aromatic N) is 1. The molecule has 1 aromatic carbocycles. The van der Waals surface area contributed by atoms with E-state index in [1.165, 1.54) is 0 Å². The lowest BCUT2D eigenvalue weighted by molar-refractivity contribution is -0.134. The Kier molecular flexibility index (Phi) is 4.83. The zero-order chi connectivity index (χ0) is 13.8. The van der Waals surface area contributed by atoms with Gasteiger partial charge < -0.3 is 10.6 Å². The number of amides is 1. The van der Waals surface area contributed by atoms with Crippen LogP contribution >= 0.6 is 11.6 Å². The standard InChI is InChI=1S/C15H21ClN2O/c1-11-6-7-12(9-17)10-18(11)15(19)8-13-4-2-3-5-14(13)16/h2-5,11-12H,6-10,17H2,1H3. The van der Waals surface area contributed by atoms with Crippen molar-refractivity contribution in [3.63, 3.8) is 0 Å². The van der Waals surface area contributed by atoms with Crippen LogP contribution in [-0.4, -0.2) is 29.9 Å². The van der Waals surface area contributed by atoms with E-state index in [0.717, 1.165) is 24.9 Å². The molecule has 1 aliphatic heterocycles. The number of likely N-dealkylation sites (tertiary alicyclic amines) is 1. The second kappa shape index (κ2) is 6.40. The molecule has 104 valence electrons. The molecule has 0 aliphatic carbocycles. The summed E-state index contributed by atoms with van der Waals surface area (Å²) in [6.07, 6.45) is 2.53. The van der Waals surface area contributed by atoms with E-state index in [1.54, 1.807) is 0 Å². The summed E-state index contributed by atoms with van der Waals surface area (Å²) in [4.78, 5) is 14.4. The Bertz CT molecular complexity index is 450. The molecule has 3 nitrogen and oxygen atoms in total. The van der Waals surface area contributed by atoms with Crippen molar-refractivity contribution < 1.29 is 4.79 Å². The summed E-state index contributed by atoms with van der Waals surface area (Å²) >= 11 is 6.11. The molecule has 1 aromatic rings. The van der Waals surface area contributed by atoms with Gasteiger partial charge in [-0.25, -0.2) is 0 Å². The molecule has 0 spiro atoms. The Balaban J connectivity index is 2.04. The van der Waals surface area contributed by atoms with Crippen molar-refractivity contribution in [2.24, 2.45) is 11.7 Å². The number of piperidine rings is 1. The quantitative estimate of drug-likeness (QED) is 0.924. The fourth-order valence-electron chi connectivity index (χ4n) is 2.63. The van der Waals surface area contributed by atoms with Crippen LogP contribution in [0.15, 0.2) is 24.3 Å². The van der Waals surface area contributed by atoms with E-state index in [9.17, 15) is 4.79 Å². The SMILES string of the molecule is CC1CCC(CN)CN1C(=O)Cc1ccccc1Cl. The van der Waals surface area contributed by atoms with Crippen LogP contribution in [-0.2, 0) is 11.2 Å². The Labute approximate surface area is 119 Å². The van der Waals surface area contributed by atoms with Crippen molar-refractivity contribution in [2.75, 3.05) is 13.1 Å². The van der Waals surface area contributed by atoms with Gasteiger partial charge in [0.25, 0.3) is 0 Å². The topological polar surface area (TPSA) is 46.3 Å². The molecule has 1 aliphatic rings. The zero-order valence-electron chi connectivity index (χ0n) is 11.3. The van der Waals surface area contributed by atoms with Crippen molar-refractivity contribution in [1.82, 2.24) is 4.90 Å². The third-order valence-electron chi connectivity index (χ3n) is 3.93. The molecule has 2 N–H and O–H groups in total. The van der Waals surface area contributed by atoms with Gasteiger partial charge in [0, 0.05) is 17.6 Å². The van der Waals surface area contributed by atoms with Crippen LogP contribution < -0.4 is 5.73 Å². The largest absolute Gasteiger partial charge is 0.339 e. The van der Waals surface area contributed by atoms with Gasteiger partial charge in [-0.15, -0.1) is 0 Å². The number of hydrogen-bond acceptors (Lipinski definition) is 2. The maximum atomic E-state index is 12.4. The van der Waals surface area contributed by atoms with E-state index in [4.69, 9.17) is 17.3 Å². The molecule has 0 aromatic heterocycles. The van der Waals surface area contributed by atoms with Crippen molar-refractivity contribution >= 4 is 17.5 Å². The first-order valence-electron chi connectivity index (χ1n) is 6.84. The van der Waals surface area contributed by atoms with Gasteiger partial charge in [-0.05, 0) is 43.9 Å². The van der Waals surface area contributed by atoms with Crippen LogP contribution in [0.2, 0.25) is 5.02 Å². The fourth-order valence-corrected chi connectivity index (χ4v) is 2.83. The first kappa shape index (κ1) is 14.4. The van der Waals surface area contributed by atoms with Crippen LogP contribution in [0.1, 0.15) is 25.3 Å². The lowest BCUT2D eigenvalue weighted by Crippen LogP contribution is -2.47. The minimum absolute atomic E-state index is 0.152. The molecule has 0 saturated carbocycles. The number of rotatable bonds is 3. The van der Waals surface area contributed by atoms with Gasteiger partial charge >= 0.3 is 0 Å². The minimum atomic E-state index is 0.152. The Morgan fingerprint density at radius 3 is 2.84 bits per heavy atom. The molecule has 2 rings (SSSR count). The van der Waals surface area contributed by atoms with E-state index >= 15 is 0 Å². The van der Waals surface area contributed by atoms with Crippen molar-refractivity contribution in [3.8, 4) is 0 Å². The molecule has 4 heteroatoms. The Morgan fingerprint density at radius 2 is 2.16 bits per heavy atom. The third-order valence-corrected chi connectivity index (χ3v) is 4.30. The number of nitrogens with two attached hydrogens (primary N) is 1. The lowest BCUT2D eigenvalue weighted by Gasteiger charge is -2.37. The monoisotopic (exact) mass is 280 g/mol. The van der Waals surface area contributed by atoms with Gasteiger partial charge in [0.1, 0.15) is 0 Å². The average molecular weight is 281 g/mol. The van der Waals surface area contributed by atoms with E-state index < -0.39 is 0 Å². The maximum absolute atomic E-state index is 12.4. The molecule has 2 unspecified atom stereocenters. The van der Waals surface area contributed by atoms with E-state index in [-0.39, 0.29) is 5.91 Å². The average Bonchev–Trinajstić information content (AvgIpc) is 2.42. The highest BCUT2D eigenvalue weighted by Crippen LogP contribution is 2.23. The van der Waals surface area contributed by atoms with Crippen molar-refractivity contribution in [2.45, 2.75) is 32.2 Å². The van der Waals surface area contributed by atoms with Gasteiger partial charge in [0.2, 0.25) is 5.91 Å². The van der Waals surface area contributed by atoms with Crippen LogP contribution in [0.5, 0.6) is 0 Å². The lowest BCUT2D eigenvalue weighted by atomic mass is 9.93. The first-order valence-corrected chi connectivity index (χ1v) is 7.22. The van der Waals surface area contributed by atoms with E-state index in [2.05, 4.69) is 6.92 Å². The number of hydrogen-bond donors (Lipinski definition) is 1.